The third-order valence-corrected chi connectivity index (χ3v) is 3.58. The molecule has 0 aliphatic heterocycles. The monoisotopic (exact) mass is 285 g/mol. The molecule has 0 unspecified atom stereocenters. The maximum Gasteiger partial charge on any atom is 0.338 e. The summed E-state index contributed by atoms with van der Waals surface area (Å²) in [6, 6.07) is 1.50. The summed E-state index contributed by atoms with van der Waals surface area (Å²) in [5.74, 6) is -1.05. The van der Waals surface area contributed by atoms with E-state index in [1.807, 2.05) is 7.05 Å². The van der Waals surface area contributed by atoms with Crippen LogP contribution in [0.5, 0.6) is 0 Å². The Morgan fingerprint density at radius 3 is 2.74 bits per heavy atom. The van der Waals surface area contributed by atoms with Gasteiger partial charge in [0.2, 0.25) is 0 Å². The summed E-state index contributed by atoms with van der Waals surface area (Å²) < 4.78 is 0. The number of carbonyl (C=O) groups excluding carboxylic acids is 1. The van der Waals surface area contributed by atoms with Crippen LogP contribution in [-0.4, -0.2) is 48.2 Å². The highest BCUT2D eigenvalue weighted by Gasteiger charge is 2.13. The Labute approximate surface area is 116 Å². The van der Waals surface area contributed by atoms with Gasteiger partial charge in [-0.3, -0.25) is 5.32 Å². The topological polar surface area (TPSA) is 81.7 Å². The highest BCUT2D eigenvalue weighted by Crippen LogP contribution is 2.22. The molecule has 0 saturated heterocycles. The summed E-state index contributed by atoms with van der Waals surface area (Å²) in [5.41, 5.74) is 0.111. The van der Waals surface area contributed by atoms with Gasteiger partial charge in [-0.05, 0) is 32.3 Å². The number of thiophene rings is 1. The molecule has 6 nitrogen and oxygen atoms in total. The van der Waals surface area contributed by atoms with Gasteiger partial charge in [0, 0.05) is 19.1 Å². The van der Waals surface area contributed by atoms with Gasteiger partial charge in [-0.1, -0.05) is 0 Å². The second kappa shape index (κ2) is 7.10. The van der Waals surface area contributed by atoms with Gasteiger partial charge in [-0.15, -0.1) is 11.3 Å². The summed E-state index contributed by atoms with van der Waals surface area (Å²) in [6.45, 7) is 5.39. The number of urea groups is 1. The van der Waals surface area contributed by atoms with Gasteiger partial charge in [0.1, 0.15) is 5.00 Å². The van der Waals surface area contributed by atoms with Crippen LogP contribution in [0.3, 0.4) is 0 Å². The molecule has 19 heavy (non-hydrogen) atoms. The zero-order chi connectivity index (χ0) is 14.4. The van der Waals surface area contributed by atoms with E-state index >= 15 is 0 Å². The summed E-state index contributed by atoms with van der Waals surface area (Å²) in [6.07, 6.45) is 0. The molecule has 1 rings (SSSR count). The molecule has 106 valence electrons. The van der Waals surface area contributed by atoms with Gasteiger partial charge >= 0.3 is 12.0 Å². The molecule has 0 saturated carbocycles. The lowest BCUT2D eigenvalue weighted by Gasteiger charge is -2.20. The maximum atomic E-state index is 11.6. The number of carbonyl (C=O) groups is 2. The lowest BCUT2D eigenvalue weighted by Crippen LogP contribution is -2.37. The average molecular weight is 285 g/mol. The van der Waals surface area contributed by atoms with Crippen LogP contribution >= 0.6 is 11.3 Å². The number of likely N-dealkylation sites (N-methyl/N-ethyl adjacent to an activating group) is 1. The number of anilines is 1. The molecule has 0 aliphatic carbocycles. The van der Waals surface area contributed by atoms with Crippen molar-refractivity contribution in [3.05, 3.63) is 17.0 Å². The van der Waals surface area contributed by atoms with Gasteiger partial charge < -0.3 is 15.3 Å². The van der Waals surface area contributed by atoms with Gasteiger partial charge in [0.05, 0.1) is 5.56 Å². The van der Waals surface area contributed by atoms with E-state index in [0.717, 1.165) is 6.54 Å². The first-order chi connectivity index (χ1) is 8.91. The summed E-state index contributed by atoms with van der Waals surface area (Å²) in [4.78, 5) is 24.6. The number of carboxylic acids is 1. The van der Waals surface area contributed by atoms with Crippen LogP contribution in [0.1, 0.15) is 24.2 Å². The number of carboxylic acid groups (broad SMARTS) is 1. The molecule has 0 radical (unpaired) electrons. The second-order valence-corrected chi connectivity index (χ2v) is 5.34. The fourth-order valence-corrected chi connectivity index (χ4v) is 2.10. The van der Waals surface area contributed by atoms with Crippen molar-refractivity contribution in [3.63, 3.8) is 0 Å². The number of nitrogens with zero attached hydrogens (tertiary/aromatic N) is 1. The average Bonchev–Trinajstić information content (AvgIpc) is 2.76. The molecule has 2 amide bonds. The predicted molar refractivity (Wildman–Crippen MR) is 76.1 cm³/mol. The SMILES string of the molecule is CC(C)N(C)CCNC(=O)Nc1sccc1C(=O)O. The largest absolute Gasteiger partial charge is 0.478 e. The third kappa shape index (κ3) is 4.88. The van der Waals surface area contributed by atoms with Crippen molar-refractivity contribution in [3.8, 4) is 0 Å². The van der Waals surface area contributed by atoms with Crippen LogP contribution in [0.15, 0.2) is 11.4 Å². The van der Waals surface area contributed by atoms with E-state index in [1.54, 1.807) is 5.38 Å². The van der Waals surface area contributed by atoms with E-state index < -0.39 is 5.97 Å². The van der Waals surface area contributed by atoms with E-state index in [2.05, 4.69) is 29.4 Å². The smallest absolute Gasteiger partial charge is 0.338 e. The van der Waals surface area contributed by atoms with E-state index in [0.29, 0.717) is 17.6 Å². The number of nitrogens with one attached hydrogen (secondary N) is 2. The van der Waals surface area contributed by atoms with Gasteiger partial charge in [0.15, 0.2) is 0 Å². The van der Waals surface area contributed by atoms with E-state index in [1.165, 1.54) is 17.4 Å². The molecule has 3 N–H and O–H groups in total. The van der Waals surface area contributed by atoms with Crippen molar-refractivity contribution in [2.75, 3.05) is 25.5 Å². The fourth-order valence-electron chi connectivity index (χ4n) is 1.33. The van der Waals surface area contributed by atoms with E-state index in [9.17, 15) is 9.59 Å². The van der Waals surface area contributed by atoms with Crippen molar-refractivity contribution < 1.29 is 14.7 Å². The van der Waals surface area contributed by atoms with Crippen LogP contribution in [0, 0.1) is 0 Å². The highest BCUT2D eigenvalue weighted by atomic mass is 32.1. The third-order valence-electron chi connectivity index (χ3n) is 2.75. The Morgan fingerprint density at radius 1 is 1.47 bits per heavy atom. The van der Waals surface area contributed by atoms with Crippen molar-refractivity contribution in [1.29, 1.82) is 0 Å². The summed E-state index contributed by atoms with van der Waals surface area (Å²) in [7, 11) is 1.98. The van der Waals surface area contributed by atoms with Crippen molar-refractivity contribution >= 4 is 28.3 Å². The van der Waals surface area contributed by atoms with Crippen LogP contribution < -0.4 is 10.6 Å². The minimum absolute atomic E-state index is 0.111. The number of hydrogen-bond donors (Lipinski definition) is 3. The zero-order valence-electron chi connectivity index (χ0n) is 11.3. The molecule has 7 heteroatoms. The molecule has 0 fully saturated rings. The molecular weight excluding hydrogens is 266 g/mol. The highest BCUT2D eigenvalue weighted by molar-refractivity contribution is 7.14. The molecular formula is C12H19N3O3S. The minimum Gasteiger partial charge on any atom is -0.478 e. The summed E-state index contributed by atoms with van der Waals surface area (Å²) in [5, 5.41) is 16.1. The lowest BCUT2D eigenvalue weighted by atomic mass is 10.3. The van der Waals surface area contributed by atoms with Crippen LogP contribution in [0.2, 0.25) is 0 Å². The normalized spacial score (nSPS) is 10.8. The van der Waals surface area contributed by atoms with Crippen molar-refractivity contribution in [2.45, 2.75) is 19.9 Å². The number of hydrogen-bond acceptors (Lipinski definition) is 4. The lowest BCUT2D eigenvalue weighted by molar-refractivity contribution is 0.0698. The van der Waals surface area contributed by atoms with Gasteiger partial charge in [-0.25, -0.2) is 9.59 Å². The number of rotatable bonds is 6. The molecule has 0 aliphatic rings. The van der Waals surface area contributed by atoms with E-state index in [-0.39, 0.29) is 11.6 Å². The predicted octanol–water partition coefficient (Wildman–Crippen LogP) is 1.91. The first-order valence-electron chi connectivity index (χ1n) is 5.97. The summed E-state index contributed by atoms with van der Waals surface area (Å²) >= 11 is 1.19. The molecule has 1 heterocycles. The Balaban J connectivity index is 2.39. The zero-order valence-corrected chi connectivity index (χ0v) is 12.1. The maximum absolute atomic E-state index is 11.6. The molecule has 0 bridgehead atoms. The molecule has 1 aromatic rings. The minimum atomic E-state index is -1.05. The first kappa shape index (κ1) is 15.5. The standard InChI is InChI=1S/C12H19N3O3S/c1-8(2)15(3)6-5-13-12(18)14-10-9(11(16)17)4-7-19-10/h4,7-8H,5-6H2,1-3H3,(H,16,17)(H2,13,14,18). The Morgan fingerprint density at radius 2 is 2.16 bits per heavy atom. The number of amides is 2. The first-order valence-corrected chi connectivity index (χ1v) is 6.85. The molecule has 0 aromatic carbocycles. The van der Waals surface area contributed by atoms with Crippen molar-refractivity contribution in [1.82, 2.24) is 10.2 Å². The Bertz CT molecular complexity index is 445. The fraction of sp³-hybridized carbons (Fsp3) is 0.500. The Kier molecular flexibility index (Phi) is 5.78. The molecule has 0 atom stereocenters. The second-order valence-electron chi connectivity index (χ2n) is 4.42. The van der Waals surface area contributed by atoms with Gasteiger partial charge in [-0.2, -0.15) is 0 Å². The Hall–Kier alpha value is -1.60. The molecule has 0 spiro atoms. The quantitative estimate of drug-likeness (QED) is 0.745. The van der Waals surface area contributed by atoms with Crippen LogP contribution in [0.25, 0.3) is 0 Å². The molecule has 1 aromatic heterocycles. The van der Waals surface area contributed by atoms with Crippen LogP contribution in [-0.2, 0) is 0 Å². The van der Waals surface area contributed by atoms with Gasteiger partial charge in [0.25, 0.3) is 0 Å². The number of aromatic carboxylic acids is 1. The van der Waals surface area contributed by atoms with Crippen LogP contribution in [0.4, 0.5) is 9.80 Å². The van der Waals surface area contributed by atoms with Crippen molar-refractivity contribution in [2.24, 2.45) is 0 Å². The van der Waals surface area contributed by atoms with E-state index in [4.69, 9.17) is 5.11 Å².